The lowest BCUT2D eigenvalue weighted by atomic mass is 10.1. The van der Waals surface area contributed by atoms with Crippen molar-refractivity contribution < 1.29 is 14.3 Å². The molecule has 0 spiro atoms. The molecule has 0 unspecified atom stereocenters. The van der Waals surface area contributed by atoms with Crippen molar-refractivity contribution in [1.29, 1.82) is 0 Å². The van der Waals surface area contributed by atoms with Gasteiger partial charge in [0, 0.05) is 38.4 Å². The Morgan fingerprint density at radius 2 is 1.73 bits per heavy atom. The van der Waals surface area contributed by atoms with Crippen molar-refractivity contribution in [2.45, 2.75) is 20.0 Å². The number of para-hydroxylation sites is 3. The first-order chi connectivity index (χ1) is 14.6. The number of aryl methyl sites for hydroxylation is 1. The van der Waals surface area contributed by atoms with Crippen molar-refractivity contribution in [3.63, 3.8) is 0 Å². The van der Waals surface area contributed by atoms with Crippen LogP contribution in [0.5, 0.6) is 11.5 Å². The molecular formula is C24H31N3O3. The number of likely N-dealkylation sites (N-methyl/N-ethyl adjacent to an activating group) is 1. The van der Waals surface area contributed by atoms with Crippen LogP contribution in [0.15, 0.2) is 48.5 Å². The summed E-state index contributed by atoms with van der Waals surface area (Å²) in [5, 5.41) is 0. The molecule has 6 nitrogen and oxygen atoms in total. The van der Waals surface area contributed by atoms with Crippen molar-refractivity contribution in [2.24, 2.45) is 0 Å². The molecule has 1 saturated heterocycles. The van der Waals surface area contributed by atoms with Crippen molar-refractivity contribution in [1.82, 2.24) is 9.80 Å². The molecule has 0 aromatic heterocycles. The fourth-order valence-corrected chi connectivity index (χ4v) is 4.16. The molecule has 2 aromatic rings. The number of anilines is 1. The zero-order valence-corrected chi connectivity index (χ0v) is 17.9. The quantitative estimate of drug-likeness (QED) is 0.734. The number of carbonyl (C=O) groups is 1. The lowest BCUT2D eigenvalue weighted by Crippen LogP contribution is -2.51. The minimum absolute atomic E-state index is 0.137. The van der Waals surface area contributed by atoms with Gasteiger partial charge in [-0.15, -0.1) is 0 Å². The van der Waals surface area contributed by atoms with E-state index in [-0.39, 0.29) is 12.0 Å². The number of nitrogens with zero attached hydrogens (tertiary/aromatic N) is 3. The largest absolute Gasteiger partial charge is 0.486 e. The predicted molar refractivity (Wildman–Crippen MR) is 118 cm³/mol. The average Bonchev–Trinajstić information content (AvgIpc) is 2.78. The summed E-state index contributed by atoms with van der Waals surface area (Å²) in [7, 11) is 0. The highest BCUT2D eigenvalue weighted by Crippen LogP contribution is 2.31. The summed E-state index contributed by atoms with van der Waals surface area (Å²) < 4.78 is 11.8. The maximum Gasteiger partial charge on any atom is 0.236 e. The molecular weight excluding hydrogens is 378 g/mol. The molecule has 2 aliphatic heterocycles. The minimum Gasteiger partial charge on any atom is -0.486 e. The third kappa shape index (κ3) is 4.70. The van der Waals surface area contributed by atoms with Gasteiger partial charge < -0.3 is 19.3 Å². The highest BCUT2D eigenvalue weighted by Gasteiger charge is 2.26. The fourth-order valence-electron chi connectivity index (χ4n) is 4.16. The van der Waals surface area contributed by atoms with Crippen LogP contribution in [-0.4, -0.2) is 74.2 Å². The molecule has 1 atom stereocenters. The van der Waals surface area contributed by atoms with E-state index in [1.807, 2.05) is 36.1 Å². The smallest absolute Gasteiger partial charge is 0.236 e. The van der Waals surface area contributed by atoms with E-state index in [1.165, 1.54) is 11.3 Å². The maximum atomic E-state index is 12.9. The summed E-state index contributed by atoms with van der Waals surface area (Å²) >= 11 is 0. The molecule has 2 heterocycles. The summed E-state index contributed by atoms with van der Waals surface area (Å²) in [4.78, 5) is 19.5. The SMILES string of the molecule is CCN(C[C@@H]1COc2ccccc2O1)C(=O)CN1CCN(c2ccccc2C)CC1. The molecule has 4 rings (SSSR count). The summed E-state index contributed by atoms with van der Waals surface area (Å²) in [6.45, 7) is 10.0. The Morgan fingerprint density at radius 1 is 1.03 bits per heavy atom. The second kappa shape index (κ2) is 9.39. The second-order valence-corrected chi connectivity index (χ2v) is 7.98. The van der Waals surface area contributed by atoms with Crippen molar-refractivity contribution in [3.05, 3.63) is 54.1 Å². The summed E-state index contributed by atoms with van der Waals surface area (Å²) in [6.07, 6.45) is -0.137. The van der Waals surface area contributed by atoms with E-state index < -0.39 is 0 Å². The first-order valence-electron chi connectivity index (χ1n) is 10.8. The zero-order chi connectivity index (χ0) is 20.9. The average molecular weight is 410 g/mol. The topological polar surface area (TPSA) is 45.3 Å². The third-order valence-corrected chi connectivity index (χ3v) is 5.91. The number of rotatable bonds is 6. The molecule has 0 saturated carbocycles. The Labute approximate surface area is 179 Å². The molecule has 6 heteroatoms. The highest BCUT2D eigenvalue weighted by molar-refractivity contribution is 5.78. The van der Waals surface area contributed by atoms with Crippen LogP contribution >= 0.6 is 0 Å². The van der Waals surface area contributed by atoms with Crippen LogP contribution in [0.1, 0.15) is 12.5 Å². The van der Waals surface area contributed by atoms with Gasteiger partial charge in [0.1, 0.15) is 6.61 Å². The molecule has 1 amide bonds. The second-order valence-electron chi connectivity index (χ2n) is 7.98. The normalized spacial score (nSPS) is 18.9. The van der Waals surface area contributed by atoms with Crippen molar-refractivity contribution in [2.75, 3.05) is 57.3 Å². The predicted octanol–water partition coefficient (Wildman–Crippen LogP) is 2.81. The highest BCUT2D eigenvalue weighted by atomic mass is 16.6. The van der Waals surface area contributed by atoms with E-state index in [4.69, 9.17) is 9.47 Å². The van der Waals surface area contributed by atoms with Gasteiger partial charge in [-0.05, 0) is 37.6 Å². The molecule has 0 bridgehead atoms. The molecule has 160 valence electrons. The van der Waals surface area contributed by atoms with Gasteiger partial charge in [-0.3, -0.25) is 9.69 Å². The molecule has 0 aliphatic carbocycles. The number of amides is 1. The first-order valence-corrected chi connectivity index (χ1v) is 10.8. The number of hydrogen-bond acceptors (Lipinski definition) is 5. The fraction of sp³-hybridized carbons (Fsp3) is 0.458. The Kier molecular flexibility index (Phi) is 6.43. The van der Waals surface area contributed by atoms with Gasteiger partial charge in [-0.2, -0.15) is 0 Å². The van der Waals surface area contributed by atoms with Gasteiger partial charge in [-0.25, -0.2) is 0 Å². The Balaban J connectivity index is 1.27. The van der Waals surface area contributed by atoms with Crippen LogP contribution in [0.3, 0.4) is 0 Å². The molecule has 0 N–H and O–H groups in total. The number of piperazine rings is 1. The van der Waals surface area contributed by atoms with Gasteiger partial charge in [0.15, 0.2) is 17.6 Å². The van der Waals surface area contributed by atoms with Gasteiger partial charge in [0.05, 0.1) is 13.1 Å². The molecule has 0 radical (unpaired) electrons. The Morgan fingerprint density at radius 3 is 2.47 bits per heavy atom. The standard InChI is InChI=1S/C24H31N3O3/c1-3-26(16-20-18-29-22-10-6-7-11-23(22)30-20)24(28)17-25-12-14-27(15-13-25)21-9-5-4-8-19(21)2/h4-11,20H,3,12-18H2,1-2H3/t20-/m1/s1. The molecule has 2 aliphatic rings. The van der Waals surface area contributed by atoms with Crippen molar-refractivity contribution >= 4 is 11.6 Å². The van der Waals surface area contributed by atoms with E-state index >= 15 is 0 Å². The van der Waals surface area contributed by atoms with E-state index in [2.05, 4.69) is 41.0 Å². The minimum atomic E-state index is -0.137. The summed E-state index contributed by atoms with van der Waals surface area (Å²) in [6, 6.07) is 16.2. The van der Waals surface area contributed by atoms with Crippen LogP contribution in [0.2, 0.25) is 0 Å². The monoisotopic (exact) mass is 409 g/mol. The number of hydrogen-bond donors (Lipinski definition) is 0. The molecule has 2 aromatic carbocycles. The van der Waals surface area contributed by atoms with E-state index in [0.717, 1.165) is 37.7 Å². The molecule has 1 fully saturated rings. The van der Waals surface area contributed by atoms with E-state index in [1.54, 1.807) is 0 Å². The summed E-state index contributed by atoms with van der Waals surface area (Å²) in [5.41, 5.74) is 2.60. The lowest BCUT2D eigenvalue weighted by Gasteiger charge is -2.37. The van der Waals surface area contributed by atoms with Crippen LogP contribution in [0.25, 0.3) is 0 Å². The number of ether oxygens (including phenoxy) is 2. The number of fused-ring (bicyclic) bond motifs is 1. The number of benzene rings is 2. The summed E-state index contributed by atoms with van der Waals surface area (Å²) in [5.74, 6) is 1.68. The van der Waals surface area contributed by atoms with Crippen LogP contribution < -0.4 is 14.4 Å². The van der Waals surface area contributed by atoms with Gasteiger partial charge in [0.2, 0.25) is 5.91 Å². The first kappa shape index (κ1) is 20.5. The third-order valence-electron chi connectivity index (χ3n) is 5.91. The van der Waals surface area contributed by atoms with Crippen LogP contribution in [0, 0.1) is 6.92 Å². The zero-order valence-electron chi connectivity index (χ0n) is 17.9. The Bertz CT molecular complexity index is 864. The van der Waals surface area contributed by atoms with Gasteiger partial charge >= 0.3 is 0 Å². The number of carbonyl (C=O) groups excluding carboxylic acids is 1. The van der Waals surface area contributed by atoms with Crippen LogP contribution in [0.4, 0.5) is 5.69 Å². The van der Waals surface area contributed by atoms with Gasteiger partial charge in [0.25, 0.3) is 0 Å². The van der Waals surface area contributed by atoms with Gasteiger partial charge in [-0.1, -0.05) is 30.3 Å². The van der Waals surface area contributed by atoms with E-state index in [0.29, 0.717) is 26.2 Å². The maximum absolute atomic E-state index is 12.9. The van der Waals surface area contributed by atoms with E-state index in [9.17, 15) is 4.79 Å². The van der Waals surface area contributed by atoms with Crippen LogP contribution in [-0.2, 0) is 4.79 Å². The lowest BCUT2D eigenvalue weighted by molar-refractivity contribution is -0.133. The molecule has 30 heavy (non-hydrogen) atoms. The Hall–Kier alpha value is -2.73. The van der Waals surface area contributed by atoms with Crippen molar-refractivity contribution in [3.8, 4) is 11.5 Å².